The van der Waals surface area contributed by atoms with Crippen LogP contribution < -0.4 is 5.32 Å². The van der Waals surface area contributed by atoms with E-state index < -0.39 is 11.8 Å². The molecule has 1 saturated heterocycles. The first-order valence-corrected chi connectivity index (χ1v) is 7.83. The van der Waals surface area contributed by atoms with E-state index in [9.17, 15) is 9.59 Å². The van der Waals surface area contributed by atoms with Crippen molar-refractivity contribution in [3.05, 3.63) is 29.3 Å². The van der Waals surface area contributed by atoms with Gasteiger partial charge in [0.1, 0.15) is 0 Å². The van der Waals surface area contributed by atoms with E-state index in [-0.39, 0.29) is 12.6 Å². The van der Waals surface area contributed by atoms with E-state index in [1.165, 1.54) is 0 Å². The highest BCUT2D eigenvalue weighted by molar-refractivity contribution is 6.39. The Bertz CT molecular complexity index is 535. The average Bonchev–Trinajstić information content (AvgIpc) is 2.51. The van der Waals surface area contributed by atoms with E-state index in [1.54, 1.807) is 4.90 Å². The van der Waals surface area contributed by atoms with Crippen molar-refractivity contribution in [2.45, 2.75) is 45.6 Å². The number of rotatable bonds is 3. The lowest BCUT2D eigenvalue weighted by atomic mass is 9.99. The third-order valence-corrected chi connectivity index (χ3v) is 4.26. The second-order valence-electron chi connectivity index (χ2n) is 5.88. The summed E-state index contributed by atoms with van der Waals surface area (Å²) in [5, 5.41) is 11.9. The van der Waals surface area contributed by atoms with Gasteiger partial charge in [0.05, 0.1) is 0 Å². The summed E-state index contributed by atoms with van der Waals surface area (Å²) in [5.41, 5.74) is 2.58. The molecule has 0 aliphatic carbocycles. The van der Waals surface area contributed by atoms with E-state index in [4.69, 9.17) is 5.11 Å². The van der Waals surface area contributed by atoms with Crippen molar-refractivity contribution in [2.75, 3.05) is 18.5 Å². The number of hydrogen-bond acceptors (Lipinski definition) is 3. The number of aliphatic hydroxyl groups excluding tert-OH is 1. The molecule has 1 fully saturated rings. The van der Waals surface area contributed by atoms with Crippen molar-refractivity contribution in [1.82, 2.24) is 4.90 Å². The van der Waals surface area contributed by atoms with Gasteiger partial charge in [0, 0.05) is 24.9 Å². The number of hydrogen-bond donors (Lipinski definition) is 2. The third kappa shape index (κ3) is 3.65. The van der Waals surface area contributed by atoms with Crippen molar-refractivity contribution >= 4 is 17.5 Å². The lowest BCUT2D eigenvalue weighted by Gasteiger charge is -2.35. The van der Waals surface area contributed by atoms with Gasteiger partial charge in [-0.05, 0) is 50.7 Å². The van der Waals surface area contributed by atoms with Crippen molar-refractivity contribution in [1.29, 1.82) is 0 Å². The molecule has 5 heteroatoms. The van der Waals surface area contributed by atoms with Gasteiger partial charge in [-0.1, -0.05) is 18.2 Å². The minimum atomic E-state index is -0.595. The summed E-state index contributed by atoms with van der Waals surface area (Å²) in [5.74, 6) is -1.09. The van der Waals surface area contributed by atoms with Crippen molar-refractivity contribution in [3.8, 4) is 0 Å². The monoisotopic (exact) mass is 304 g/mol. The van der Waals surface area contributed by atoms with Gasteiger partial charge in [0.25, 0.3) is 0 Å². The molecule has 5 nitrogen and oxygen atoms in total. The molecule has 1 aliphatic heterocycles. The number of benzene rings is 1. The maximum absolute atomic E-state index is 12.4. The van der Waals surface area contributed by atoms with E-state index in [0.29, 0.717) is 18.7 Å². The van der Waals surface area contributed by atoms with Gasteiger partial charge in [-0.2, -0.15) is 0 Å². The Morgan fingerprint density at radius 3 is 2.59 bits per heavy atom. The number of carbonyl (C=O) groups excluding carboxylic acids is 2. The molecule has 1 atom stereocenters. The number of piperidine rings is 1. The molecule has 120 valence electrons. The Hall–Kier alpha value is -1.88. The highest BCUT2D eigenvalue weighted by Gasteiger charge is 2.30. The fourth-order valence-corrected chi connectivity index (χ4v) is 3.03. The molecule has 0 saturated carbocycles. The zero-order valence-electron chi connectivity index (χ0n) is 13.3. The second-order valence-corrected chi connectivity index (χ2v) is 5.88. The van der Waals surface area contributed by atoms with Crippen LogP contribution >= 0.6 is 0 Å². The summed E-state index contributed by atoms with van der Waals surface area (Å²) in [6.07, 6.45) is 3.32. The van der Waals surface area contributed by atoms with Crippen molar-refractivity contribution < 1.29 is 14.7 Å². The van der Waals surface area contributed by atoms with Gasteiger partial charge in [-0.3, -0.25) is 9.59 Å². The number of amides is 2. The fourth-order valence-electron chi connectivity index (χ4n) is 3.03. The molecule has 0 aromatic heterocycles. The molecule has 22 heavy (non-hydrogen) atoms. The fraction of sp³-hybridized carbons (Fsp3) is 0.529. The lowest BCUT2D eigenvalue weighted by molar-refractivity contribution is -0.146. The number of carbonyl (C=O) groups is 2. The first-order valence-electron chi connectivity index (χ1n) is 7.83. The van der Waals surface area contributed by atoms with Crippen LogP contribution in [0.2, 0.25) is 0 Å². The molecule has 1 heterocycles. The van der Waals surface area contributed by atoms with Crippen LogP contribution in [0.4, 0.5) is 5.69 Å². The van der Waals surface area contributed by atoms with Gasteiger partial charge in [-0.25, -0.2) is 0 Å². The maximum Gasteiger partial charge on any atom is 0.313 e. The smallest absolute Gasteiger partial charge is 0.313 e. The molecule has 1 aliphatic rings. The molecule has 2 amide bonds. The summed E-state index contributed by atoms with van der Waals surface area (Å²) in [6.45, 7) is 4.43. The zero-order valence-corrected chi connectivity index (χ0v) is 13.3. The van der Waals surface area contributed by atoms with Crippen molar-refractivity contribution in [3.63, 3.8) is 0 Å². The Labute approximate surface area is 131 Å². The molecule has 1 aromatic rings. The Morgan fingerprint density at radius 2 is 1.95 bits per heavy atom. The number of aryl methyl sites for hydroxylation is 2. The Morgan fingerprint density at radius 1 is 1.27 bits per heavy atom. The summed E-state index contributed by atoms with van der Waals surface area (Å²) in [7, 11) is 0. The predicted molar refractivity (Wildman–Crippen MR) is 85.6 cm³/mol. The van der Waals surface area contributed by atoms with Crippen LogP contribution in [0.5, 0.6) is 0 Å². The molecule has 0 spiro atoms. The summed E-state index contributed by atoms with van der Waals surface area (Å²) >= 11 is 0. The standard InChI is InChI=1S/C17H24N2O3/c1-12-6-5-7-13(2)15(12)18-16(21)17(22)19-10-4-3-8-14(19)9-11-20/h5-7,14,20H,3-4,8-11H2,1-2H3,(H,18,21). The van der Waals surface area contributed by atoms with E-state index >= 15 is 0 Å². The van der Waals surface area contributed by atoms with Gasteiger partial charge in [-0.15, -0.1) is 0 Å². The number of likely N-dealkylation sites (tertiary alicyclic amines) is 1. The second kappa shape index (κ2) is 7.40. The minimum absolute atomic E-state index is 0.0324. The van der Waals surface area contributed by atoms with Crippen LogP contribution in [0.15, 0.2) is 18.2 Å². The number of aliphatic hydroxyl groups is 1. The van der Waals surface area contributed by atoms with Gasteiger partial charge in [0.15, 0.2) is 0 Å². The SMILES string of the molecule is Cc1cccc(C)c1NC(=O)C(=O)N1CCCCC1CCO. The Kier molecular flexibility index (Phi) is 5.55. The largest absolute Gasteiger partial charge is 0.396 e. The van der Waals surface area contributed by atoms with Gasteiger partial charge >= 0.3 is 11.8 Å². The van der Waals surface area contributed by atoms with Crippen LogP contribution in [-0.4, -0.2) is 41.0 Å². The summed E-state index contributed by atoms with van der Waals surface area (Å²) in [6, 6.07) is 5.70. The molecule has 1 unspecified atom stereocenters. The van der Waals surface area contributed by atoms with Gasteiger partial charge in [0.2, 0.25) is 0 Å². The highest BCUT2D eigenvalue weighted by Crippen LogP contribution is 2.22. The predicted octanol–water partition coefficient (Wildman–Crippen LogP) is 2.01. The lowest BCUT2D eigenvalue weighted by Crippen LogP contribution is -2.48. The minimum Gasteiger partial charge on any atom is -0.396 e. The van der Waals surface area contributed by atoms with Crippen LogP contribution in [-0.2, 0) is 9.59 Å². The summed E-state index contributed by atoms with van der Waals surface area (Å²) < 4.78 is 0. The van der Waals surface area contributed by atoms with Crippen LogP contribution in [0.3, 0.4) is 0 Å². The van der Waals surface area contributed by atoms with Crippen molar-refractivity contribution in [2.24, 2.45) is 0 Å². The third-order valence-electron chi connectivity index (χ3n) is 4.26. The molecule has 2 N–H and O–H groups in total. The number of nitrogens with zero attached hydrogens (tertiary/aromatic N) is 1. The molecular weight excluding hydrogens is 280 g/mol. The molecule has 0 radical (unpaired) electrons. The Balaban J connectivity index is 2.09. The van der Waals surface area contributed by atoms with Crippen LogP contribution in [0.25, 0.3) is 0 Å². The zero-order chi connectivity index (χ0) is 16.1. The maximum atomic E-state index is 12.4. The average molecular weight is 304 g/mol. The first kappa shape index (κ1) is 16.5. The van der Waals surface area contributed by atoms with E-state index in [2.05, 4.69) is 5.32 Å². The molecule has 0 bridgehead atoms. The first-order chi connectivity index (χ1) is 10.5. The topological polar surface area (TPSA) is 69.6 Å². The normalized spacial score (nSPS) is 18.1. The molecular formula is C17H24N2O3. The highest BCUT2D eigenvalue weighted by atomic mass is 16.3. The number of anilines is 1. The molecule has 2 rings (SSSR count). The van der Waals surface area contributed by atoms with Crippen LogP contribution in [0.1, 0.15) is 36.8 Å². The van der Waals surface area contributed by atoms with Crippen LogP contribution in [0, 0.1) is 13.8 Å². The van der Waals surface area contributed by atoms with E-state index in [1.807, 2.05) is 32.0 Å². The quantitative estimate of drug-likeness (QED) is 0.839. The molecule has 1 aromatic carbocycles. The number of nitrogens with one attached hydrogen (secondary N) is 1. The summed E-state index contributed by atoms with van der Waals surface area (Å²) in [4.78, 5) is 26.4. The van der Waals surface area contributed by atoms with E-state index in [0.717, 1.165) is 30.4 Å². The number of para-hydroxylation sites is 1. The van der Waals surface area contributed by atoms with Gasteiger partial charge < -0.3 is 15.3 Å².